The van der Waals surface area contributed by atoms with E-state index in [0.717, 1.165) is 27.6 Å². The van der Waals surface area contributed by atoms with E-state index in [9.17, 15) is 4.79 Å². The first kappa shape index (κ1) is 42.1. The van der Waals surface area contributed by atoms with Crippen molar-refractivity contribution in [3.8, 4) is 0 Å². The van der Waals surface area contributed by atoms with Gasteiger partial charge in [0, 0.05) is 28.8 Å². The fourth-order valence-electron chi connectivity index (χ4n) is 8.45. The summed E-state index contributed by atoms with van der Waals surface area (Å²) in [5.41, 5.74) is 3.25. The Labute approximate surface area is 351 Å². The molecule has 0 N–H and O–H groups in total. The van der Waals surface area contributed by atoms with Crippen molar-refractivity contribution in [2.45, 2.75) is 82.6 Å². The third kappa shape index (κ3) is 8.80. The Kier molecular flexibility index (Phi) is 12.1. The molecule has 1 aromatic heterocycles. The number of fused-ring (bicyclic) bond motifs is 3. The molecule has 0 saturated heterocycles. The van der Waals surface area contributed by atoms with Crippen LogP contribution in [0.2, 0.25) is 0 Å². The smallest absolute Gasteiger partial charge is 0.418 e. The second-order valence-electron chi connectivity index (χ2n) is 17.4. The number of ether oxygens (including phenoxy) is 1. The zero-order valence-electron chi connectivity index (χ0n) is 34.9. The van der Waals surface area contributed by atoms with Crippen molar-refractivity contribution in [2.75, 3.05) is 13.2 Å². The van der Waals surface area contributed by atoms with Crippen molar-refractivity contribution in [2.24, 2.45) is 5.41 Å². The van der Waals surface area contributed by atoms with Crippen molar-refractivity contribution in [3.05, 3.63) is 184 Å². The standard InChI is InChI=1S/C51H53F3N2O2S/c1-34-29-41-40-25-17-18-26-44(40)56(46(41)47(55(34)33-50(6,7)54)45-42(52)30-36(31-43(45)53)27-28-49(3,4)5)48(57)58-32-35(2)59-51(37-19-11-8-12-20-37,38-21-13-9-14-22-38)39-23-15-10-16-24-39/h8-28,30-31,34-35,47H,29,32-33H2,1-7H3/b28-27+/t34-,35-,47-/m1/s1. The molecule has 3 atom stereocenters. The SMILES string of the molecule is C[C@H](COC(=O)n1c2c(c3ccccc31)C[C@@H](C)N(CC(C)(C)F)[C@@H]2c1c(F)cc(/C=C/C(C)(C)C)cc1F)SC(c1ccccc1)(c1ccccc1)c1ccccc1. The second kappa shape index (κ2) is 16.9. The number of nitrogens with zero attached hydrogens (tertiary/aromatic N) is 2. The zero-order valence-corrected chi connectivity index (χ0v) is 35.7. The lowest BCUT2D eigenvalue weighted by Crippen LogP contribution is -2.49. The summed E-state index contributed by atoms with van der Waals surface area (Å²) in [6.07, 6.45) is 3.39. The number of thioether (sulfide) groups is 1. The van der Waals surface area contributed by atoms with Gasteiger partial charge in [0.2, 0.25) is 0 Å². The van der Waals surface area contributed by atoms with Crippen LogP contribution in [-0.4, -0.2) is 45.7 Å². The summed E-state index contributed by atoms with van der Waals surface area (Å²) in [7, 11) is 0. The van der Waals surface area contributed by atoms with Crippen LogP contribution in [0.15, 0.2) is 133 Å². The van der Waals surface area contributed by atoms with E-state index in [1.165, 1.54) is 30.5 Å². The molecule has 0 unspecified atom stereocenters. The fraction of sp³-hybridized carbons (Fsp3) is 0.314. The number of allylic oxidation sites excluding steroid dienone is 1. The third-order valence-corrected chi connectivity index (χ3v) is 12.5. The number of hydrogen-bond donors (Lipinski definition) is 0. The quantitative estimate of drug-likeness (QED) is 0.122. The van der Waals surface area contributed by atoms with Crippen LogP contribution in [0, 0.1) is 17.0 Å². The van der Waals surface area contributed by atoms with E-state index in [1.807, 2.05) is 120 Å². The molecule has 7 rings (SSSR count). The van der Waals surface area contributed by atoms with Gasteiger partial charge in [-0.15, -0.1) is 11.8 Å². The van der Waals surface area contributed by atoms with E-state index in [2.05, 4.69) is 36.4 Å². The van der Waals surface area contributed by atoms with E-state index < -0.39 is 34.2 Å². The van der Waals surface area contributed by atoms with Gasteiger partial charge < -0.3 is 4.74 Å². The summed E-state index contributed by atoms with van der Waals surface area (Å²) < 4.78 is 56.1. The molecule has 0 bridgehead atoms. The van der Waals surface area contributed by atoms with E-state index in [4.69, 9.17) is 4.74 Å². The predicted molar refractivity (Wildman–Crippen MR) is 237 cm³/mol. The van der Waals surface area contributed by atoms with Gasteiger partial charge in [-0.25, -0.2) is 22.5 Å². The van der Waals surface area contributed by atoms with Gasteiger partial charge in [-0.2, -0.15) is 0 Å². The second-order valence-corrected chi connectivity index (χ2v) is 19.1. The van der Waals surface area contributed by atoms with Gasteiger partial charge in [-0.05, 0) is 85.5 Å². The number of carbonyl (C=O) groups is 1. The first-order chi connectivity index (χ1) is 28.1. The number of benzene rings is 5. The Balaban J connectivity index is 1.31. The van der Waals surface area contributed by atoms with Gasteiger partial charge in [0.25, 0.3) is 0 Å². The molecule has 4 nitrogen and oxygen atoms in total. The number of carbonyl (C=O) groups excluding carboxylic acids is 1. The van der Waals surface area contributed by atoms with E-state index >= 15 is 13.2 Å². The number of rotatable bonds is 11. The largest absolute Gasteiger partial charge is 0.448 e. The van der Waals surface area contributed by atoms with Crippen LogP contribution >= 0.6 is 11.8 Å². The summed E-state index contributed by atoms with van der Waals surface area (Å²) in [4.78, 5) is 16.6. The molecule has 0 saturated carbocycles. The lowest BCUT2D eigenvalue weighted by atomic mass is 9.84. The minimum Gasteiger partial charge on any atom is -0.448 e. The molecule has 5 aromatic carbocycles. The Hall–Kier alpha value is -5.05. The van der Waals surface area contributed by atoms with Crippen LogP contribution in [-0.2, 0) is 15.9 Å². The highest BCUT2D eigenvalue weighted by atomic mass is 32.2. The molecule has 59 heavy (non-hydrogen) atoms. The molecular weight excluding hydrogens is 762 g/mol. The highest BCUT2D eigenvalue weighted by molar-refractivity contribution is 8.01. The monoisotopic (exact) mass is 814 g/mol. The molecule has 0 amide bonds. The molecular formula is C51H53F3N2O2S. The summed E-state index contributed by atoms with van der Waals surface area (Å²) in [5, 5.41) is 0.570. The minimum atomic E-state index is -1.71. The van der Waals surface area contributed by atoms with Crippen LogP contribution in [0.4, 0.5) is 18.0 Å². The lowest BCUT2D eigenvalue weighted by molar-refractivity contribution is 0.0623. The van der Waals surface area contributed by atoms with Gasteiger partial charge in [-0.1, -0.05) is 142 Å². The number of hydrogen-bond acceptors (Lipinski definition) is 4. The van der Waals surface area contributed by atoms with Gasteiger partial charge in [-0.3, -0.25) is 4.90 Å². The first-order valence-corrected chi connectivity index (χ1v) is 21.2. The average molecular weight is 815 g/mol. The van der Waals surface area contributed by atoms with Crippen molar-refractivity contribution in [1.82, 2.24) is 9.47 Å². The predicted octanol–water partition coefficient (Wildman–Crippen LogP) is 13.2. The van der Waals surface area contributed by atoms with Crippen LogP contribution in [0.25, 0.3) is 17.0 Å². The number of halogens is 3. The molecule has 8 heteroatoms. The van der Waals surface area contributed by atoms with Crippen molar-refractivity contribution in [3.63, 3.8) is 0 Å². The topological polar surface area (TPSA) is 34.5 Å². The summed E-state index contributed by atoms with van der Waals surface area (Å²) in [6, 6.07) is 39.7. The third-order valence-electron chi connectivity index (χ3n) is 10.9. The van der Waals surface area contributed by atoms with Gasteiger partial charge in [0.05, 0.1) is 22.0 Å². The normalized spacial score (nSPS) is 17.0. The molecule has 2 heterocycles. The number of alkyl halides is 1. The Morgan fingerprint density at radius 3 is 1.83 bits per heavy atom. The summed E-state index contributed by atoms with van der Waals surface area (Å²) in [5.74, 6) is -1.53. The van der Waals surface area contributed by atoms with Crippen LogP contribution in [0.3, 0.4) is 0 Å². The Morgan fingerprint density at radius 1 is 0.814 bits per heavy atom. The highest BCUT2D eigenvalue weighted by Crippen LogP contribution is 2.50. The van der Waals surface area contributed by atoms with E-state index in [0.29, 0.717) is 23.2 Å². The molecule has 1 aliphatic heterocycles. The molecule has 0 radical (unpaired) electrons. The summed E-state index contributed by atoms with van der Waals surface area (Å²) in [6.45, 7) is 12.9. The molecule has 1 aliphatic rings. The number of aromatic nitrogens is 1. The average Bonchev–Trinajstić information content (AvgIpc) is 3.53. The lowest BCUT2D eigenvalue weighted by Gasteiger charge is -2.43. The van der Waals surface area contributed by atoms with Crippen LogP contribution < -0.4 is 0 Å². The molecule has 306 valence electrons. The van der Waals surface area contributed by atoms with Crippen LogP contribution in [0.1, 0.15) is 93.6 Å². The number of para-hydroxylation sites is 1. The van der Waals surface area contributed by atoms with E-state index in [1.54, 1.807) is 22.7 Å². The fourth-order valence-corrected chi connectivity index (χ4v) is 10.0. The maximum absolute atomic E-state index is 16.6. The molecule has 6 aromatic rings. The van der Waals surface area contributed by atoms with E-state index in [-0.39, 0.29) is 35.4 Å². The van der Waals surface area contributed by atoms with Crippen molar-refractivity contribution >= 4 is 34.8 Å². The maximum atomic E-state index is 16.6. The highest BCUT2D eigenvalue weighted by Gasteiger charge is 2.44. The molecule has 0 spiro atoms. The van der Waals surface area contributed by atoms with Crippen molar-refractivity contribution < 1.29 is 22.7 Å². The summed E-state index contributed by atoms with van der Waals surface area (Å²) >= 11 is 1.70. The Bertz CT molecular complexity index is 2320. The zero-order chi connectivity index (χ0) is 42.1. The van der Waals surface area contributed by atoms with Gasteiger partial charge in [0.1, 0.15) is 23.9 Å². The van der Waals surface area contributed by atoms with Crippen LogP contribution in [0.5, 0.6) is 0 Å². The molecule has 0 fully saturated rings. The molecule has 0 aliphatic carbocycles. The van der Waals surface area contributed by atoms with Crippen molar-refractivity contribution in [1.29, 1.82) is 0 Å². The van der Waals surface area contributed by atoms with Gasteiger partial charge in [0.15, 0.2) is 0 Å². The Morgan fingerprint density at radius 2 is 1.32 bits per heavy atom. The van der Waals surface area contributed by atoms with Gasteiger partial charge >= 0.3 is 6.09 Å². The first-order valence-electron chi connectivity index (χ1n) is 20.3. The minimum absolute atomic E-state index is 0.0405. The maximum Gasteiger partial charge on any atom is 0.418 e.